The lowest BCUT2D eigenvalue weighted by Crippen LogP contribution is -2.48. The highest BCUT2D eigenvalue weighted by Gasteiger charge is 2.38. The maximum absolute atomic E-state index is 12.2. The van der Waals surface area contributed by atoms with Gasteiger partial charge < -0.3 is 15.4 Å². The molecule has 0 spiro atoms. The van der Waals surface area contributed by atoms with Crippen LogP contribution in [-0.4, -0.2) is 67.0 Å². The van der Waals surface area contributed by atoms with Crippen molar-refractivity contribution in [2.24, 2.45) is 5.73 Å². The number of carbonyl (C=O) groups excluding carboxylic acids is 2. The second kappa shape index (κ2) is 6.15. The van der Waals surface area contributed by atoms with Crippen molar-refractivity contribution in [1.29, 1.82) is 0 Å². The summed E-state index contributed by atoms with van der Waals surface area (Å²) >= 11 is 0. The standard InChI is InChI=1S/C12H23N3O3/c1-8(2)14(3)7-11(16)15-6-9(18-4)5-10(15)12(13)17/h8-10H,5-7H2,1-4H3,(H2,13,17)/t9-,10-/m0/s1. The van der Waals surface area contributed by atoms with Gasteiger partial charge in [0.15, 0.2) is 0 Å². The highest BCUT2D eigenvalue weighted by molar-refractivity contribution is 5.88. The number of ether oxygens (including phenoxy) is 1. The van der Waals surface area contributed by atoms with Crippen molar-refractivity contribution < 1.29 is 14.3 Å². The van der Waals surface area contributed by atoms with E-state index in [0.717, 1.165) is 0 Å². The van der Waals surface area contributed by atoms with E-state index >= 15 is 0 Å². The third kappa shape index (κ3) is 3.43. The van der Waals surface area contributed by atoms with Crippen LogP contribution in [-0.2, 0) is 14.3 Å². The molecule has 6 nitrogen and oxygen atoms in total. The molecule has 2 N–H and O–H groups in total. The summed E-state index contributed by atoms with van der Waals surface area (Å²) in [6, 6.07) is -0.259. The van der Waals surface area contributed by atoms with Crippen molar-refractivity contribution in [3.63, 3.8) is 0 Å². The Hall–Kier alpha value is -1.14. The number of primary amides is 1. The van der Waals surface area contributed by atoms with E-state index in [2.05, 4.69) is 0 Å². The number of rotatable bonds is 5. The Kier molecular flexibility index (Phi) is 5.10. The first kappa shape index (κ1) is 14.9. The molecule has 0 aliphatic carbocycles. The van der Waals surface area contributed by atoms with E-state index in [0.29, 0.717) is 13.0 Å². The van der Waals surface area contributed by atoms with Gasteiger partial charge in [-0.1, -0.05) is 0 Å². The number of amides is 2. The van der Waals surface area contributed by atoms with Crippen LogP contribution in [0.3, 0.4) is 0 Å². The molecule has 0 aromatic heterocycles. The van der Waals surface area contributed by atoms with E-state index in [-0.39, 0.29) is 24.6 Å². The van der Waals surface area contributed by atoms with E-state index in [4.69, 9.17) is 10.5 Å². The Bertz CT molecular complexity index is 320. The highest BCUT2D eigenvalue weighted by atomic mass is 16.5. The molecule has 0 aromatic rings. The van der Waals surface area contributed by atoms with Crippen LogP contribution in [0.1, 0.15) is 20.3 Å². The van der Waals surface area contributed by atoms with Gasteiger partial charge in [0.2, 0.25) is 11.8 Å². The Balaban J connectivity index is 2.67. The summed E-state index contributed by atoms with van der Waals surface area (Å²) in [6.07, 6.45) is 0.388. The largest absolute Gasteiger partial charge is 0.380 e. The van der Waals surface area contributed by atoms with Gasteiger partial charge in [-0.05, 0) is 20.9 Å². The molecule has 0 bridgehead atoms. The molecule has 1 rings (SSSR count). The Morgan fingerprint density at radius 2 is 2.11 bits per heavy atom. The van der Waals surface area contributed by atoms with Crippen LogP contribution in [0.25, 0.3) is 0 Å². The lowest BCUT2D eigenvalue weighted by molar-refractivity contribution is -0.138. The Morgan fingerprint density at radius 3 is 2.56 bits per heavy atom. The molecule has 1 saturated heterocycles. The topological polar surface area (TPSA) is 75.9 Å². The maximum Gasteiger partial charge on any atom is 0.240 e. The molecular weight excluding hydrogens is 234 g/mol. The first-order valence-corrected chi connectivity index (χ1v) is 6.18. The van der Waals surface area contributed by atoms with Crippen molar-refractivity contribution in [1.82, 2.24) is 9.80 Å². The minimum atomic E-state index is -0.539. The van der Waals surface area contributed by atoms with Gasteiger partial charge in [0.05, 0.1) is 12.6 Å². The fraction of sp³-hybridized carbons (Fsp3) is 0.833. The lowest BCUT2D eigenvalue weighted by atomic mass is 10.2. The van der Waals surface area contributed by atoms with Crippen LogP contribution < -0.4 is 5.73 Å². The summed E-state index contributed by atoms with van der Waals surface area (Å²) in [4.78, 5) is 27.0. The molecule has 18 heavy (non-hydrogen) atoms. The zero-order valence-corrected chi connectivity index (χ0v) is 11.5. The molecule has 2 amide bonds. The van der Waals surface area contributed by atoms with Crippen molar-refractivity contribution >= 4 is 11.8 Å². The van der Waals surface area contributed by atoms with E-state index in [9.17, 15) is 9.59 Å². The zero-order valence-electron chi connectivity index (χ0n) is 11.5. The molecule has 1 heterocycles. The number of hydrogen-bond acceptors (Lipinski definition) is 4. The number of methoxy groups -OCH3 is 1. The van der Waals surface area contributed by atoms with Gasteiger partial charge in [-0.2, -0.15) is 0 Å². The molecule has 0 saturated carbocycles. The van der Waals surface area contributed by atoms with Crippen LogP contribution in [0, 0.1) is 0 Å². The minimum Gasteiger partial charge on any atom is -0.380 e. The lowest BCUT2D eigenvalue weighted by Gasteiger charge is -2.26. The normalized spacial score (nSPS) is 24.0. The predicted molar refractivity (Wildman–Crippen MR) is 67.9 cm³/mol. The van der Waals surface area contributed by atoms with Gasteiger partial charge in [0, 0.05) is 26.1 Å². The van der Waals surface area contributed by atoms with Crippen molar-refractivity contribution in [2.45, 2.75) is 38.5 Å². The average Bonchev–Trinajstić information content (AvgIpc) is 2.72. The number of nitrogens with two attached hydrogens (primary N) is 1. The third-order valence-corrected chi connectivity index (χ3v) is 3.51. The van der Waals surface area contributed by atoms with E-state index in [1.807, 2.05) is 25.8 Å². The Morgan fingerprint density at radius 1 is 1.50 bits per heavy atom. The molecule has 1 aliphatic rings. The van der Waals surface area contributed by atoms with Crippen LogP contribution in [0.2, 0.25) is 0 Å². The van der Waals surface area contributed by atoms with Crippen molar-refractivity contribution in [3.8, 4) is 0 Å². The Labute approximate surface area is 108 Å². The predicted octanol–water partition coefficient (Wildman–Crippen LogP) is -0.572. The third-order valence-electron chi connectivity index (χ3n) is 3.51. The molecule has 1 aliphatic heterocycles. The summed E-state index contributed by atoms with van der Waals surface area (Å²) in [5.74, 6) is -0.537. The first-order valence-electron chi connectivity index (χ1n) is 6.18. The molecular formula is C12H23N3O3. The monoisotopic (exact) mass is 257 g/mol. The quantitative estimate of drug-likeness (QED) is 0.715. The van der Waals surface area contributed by atoms with E-state index in [1.54, 1.807) is 7.11 Å². The second-order valence-corrected chi connectivity index (χ2v) is 5.07. The van der Waals surface area contributed by atoms with E-state index in [1.165, 1.54) is 4.90 Å². The summed E-state index contributed by atoms with van der Waals surface area (Å²) < 4.78 is 5.21. The fourth-order valence-corrected chi connectivity index (χ4v) is 2.00. The van der Waals surface area contributed by atoms with Crippen LogP contribution in [0.5, 0.6) is 0 Å². The van der Waals surface area contributed by atoms with Crippen molar-refractivity contribution in [3.05, 3.63) is 0 Å². The summed E-state index contributed by atoms with van der Waals surface area (Å²) in [5, 5.41) is 0. The molecule has 104 valence electrons. The maximum atomic E-state index is 12.2. The summed E-state index contributed by atoms with van der Waals surface area (Å²) in [5.41, 5.74) is 5.33. The van der Waals surface area contributed by atoms with Crippen LogP contribution in [0.15, 0.2) is 0 Å². The second-order valence-electron chi connectivity index (χ2n) is 5.07. The molecule has 2 atom stereocenters. The number of carbonyl (C=O) groups is 2. The number of hydrogen-bond donors (Lipinski definition) is 1. The SMILES string of the molecule is CO[C@H]1C[C@@H](C(N)=O)N(C(=O)CN(C)C(C)C)C1. The molecule has 6 heteroatoms. The van der Waals surface area contributed by atoms with Crippen molar-refractivity contribution in [2.75, 3.05) is 27.2 Å². The molecule has 0 aromatic carbocycles. The van der Waals surface area contributed by atoms with Crippen LogP contribution in [0.4, 0.5) is 0 Å². The van der Waals surface area contributed by atoms with Gasteiger partial charge in [-0.15, -0.1) is 0 Å². The molecule has 0 radical (unpaired) electrons. The van der Waals surface area contributed by atoms with E-state index < -0.39 is 11.9 Å². The smallest absolute Gasteiger partial charge is 0.240 e. The van der Waals surface area contributed by atoms with Gasteiger partial charge >= 0.3 is 0 Å². The average molecular weight is 257 g/mol. The highest BCUT2D eigenvalue weighted by Crippen LogP contribution is 2.20. The van der Waals surface area contributed by atoms with Crippen LogP contribution >= 0.6 is 0 Å². The number of nitrogens with zero attached hydrogens (tertiary/aromatic N) is 2. The van der Waals surface area contributed by atoms with Gasteiger partial charge in [-0.25, -0.2) is 0 Å². The van der Waals surface area contributed by atoms with Gasteiger partial charge in [0.25, 0.3) is 0 Å². The molecule has 1 fully saturated rings. The van der Waals surface area contributed by atoms with Gasteiger partial charge in [-0.3, -0.25) is 14.5 Å². The number of likely N-dealkylation sites (tertiary alicyclic amines) is 1. The summed E-state index contributed by atoms with van der Waals surface area (Å²) in [7, 11) is 3.46. The zero-order chi connectivity index (χ0) is 13.9. The minimum absolute atomic E-state index is 0.0745. The fourth-order valence-electron chi connectivity index (χ4n) is 2.00. The summed E-state index contributed by atoms with van der Waals surface area (Å²) in [6.45, 7) is 4.76. The van der Waals surface area contributed by atoms with Gasteiger partial charge in [0.1, 0.15) is 6.04 Å². The number of likely N-dealkylation sites (N-methyl/N-ethyl adjacent to an activating group) is 1. The molecule has 0 unspecified atom stereocenters. The first-order chi connectivity index (χ1) is 8.36.